The molecule has 1 rings (SSSR count). The van der Waals surface area contributed by atoms with E-state index < -0.39 is 0 Å². The lowest BCUT2D eigenvalue weighted by molar-refractivity contribution is 0.398. The first-order chi connectivity index (χ1) is 7.29. The Balaban J connectivity index is 2.56. The maximum Gasteiger partial charge on any atom is 0.188 e. The first-order valence-electron chi connectivity index (χ1n) is 4.96. The highest BCUT2D eigenvalue weighted by atomic mass is 35.5. The fraction of sp³-hybridized carbons (Fsp3) is 0.600. The molecule has 1 aromatic rings. The number of aromatic nitrogens is 2. The highest BCUT2D eigenvalue weighted by Gasteiger charge is 2.09. The average molecular weight is 247 g/mol. The van der Waals surface area contributed by atoms with Gasteiger partial charge in [-0.1, -0.05) is 31.4 Å². The van der Waals surface area contributed by atoms with Gasteiger partial charge in [-0.25, -0.2) is 9.97 Å². The number of unbranched alkanes of at least 4 members (excludes halogenated alkanes) is 2. The Hall–Kier alpha value is -0.480. The summed E-state index contributed by atoms with van der Waals surface area (Å²) in [6, 6.07) is 0. The van der Waals surface area contributed by atoms with Crippen LogP contribution in [-0.4, -0.2) is 22.8 Å². The zero-order valence-electron chi connectivity index (χ0n) is 8.99. The Bertz CT molecular complexity index is 309. The van der Waals surface area contributed by atoms with Crippen LogP contribution in [0.2, 0.25) is 5.15 Å². The highest BCUT2D eigenvalue weighted by molar-refractivity contribution is 7.99. The maximum atomic E-state index is 5.88. The van der Waals surface area contributed by atoms with E-state index in [0.29, 0.717) is 10.9 Å². The summed E-state index contributed by atoms with van der Waals surface area (Å²) in [5.74, 6) is 1.62. The molecule has 0 bridgehead atoms. The van der Waals surface area contributed by atoms with E-state index in [1.807, 2.05) is 0 Å². The van der Waals surface area contributed by atoms with Crippen LogP contribution in [0.15, 0.2) is 11.4 Å². The molecule has 15 heavy (non-hydrogen) atoms. The van der Waals surface area contributed by atoms with Gasteiger partial charge in [0, 0.05) is 0 Å². The number of ether oxygens (including phenoxy) is 1. The molecule has 84 valence electrons. The van der Waals surface area contributed by atoms with Gasteiger partial charge in [0.05, 0.1) is 7.11 Å². The van der Waals surface area contributed by atoms with E-state index in [1.165, 1.54) is 25.6 Å². The van der Waals surface area contributed by atoms with Crippen molar-refractivity contribution in [2.24, 2.45) is 0 Å². The average Bonchev–Trinajstić information content (AvgIpc) is 2.24. The third-order valence-electron chi connectivity index (χ3n) is 1.92. The van der Waals surface area contributed by atoms with Gasteiger partial charge in [-0.3, -0.25) is 0 Å². The summed E-state index contributed by atoms with van der Waals surface area (Å²) in [5.41, 5.74) is 0. The lowest BCUT2D eigenvalue weighted by Gasteiger charge is -2.07. The van der Waals surface area contributed by atoms with Crippen molar-refractivity contribution in [3.05, 3.63) is 11.5 Å². The Labute approximate surface area is 99.6 Å². The molecule has 1 heterocycles. The summed E-state index contributed by atoms with van der Waals surface area (Å²) >= 11 is 7.55. The Morgan fingerprint density at radius 3 is 2.87 bits per heavy atom. The number of rotatable bonds is 6. The molecular formula is C10H15ClN2OS. The van der Waals surface area contributed by atoms with Gasteiger partial charge < -0.3 is 4.74 Å². The summed E-state index contributed by atoms with van der Waals surface area (Å²) in [4.78, 5) is 8.02. The molecular weight excluding hydrogens is 232 g/mol. The number of thioether (sulfide) groups is 1. The molecule has 0 amide bonds. The van der Waals surface area contributed by atoms with Crippen LogP contribution < -0.4 is 4.74 Å². The quantitative estimate of drug-likeness (QED) is 0.438. The second-order valence-corrected chi connectivity index (χ2v) is 4.50. The van der Waals surface area contributed by atoms with Crippen molar-refractivity contribution < 1.29 is 4.74 Å². The van der Waals surface area contributed by atoms with Gasteiger partial charge in [-0.05, 0) is 12.2 Å². The van der Waals surface area contributed by atoms with Crippen LogP contribution in [0, 0.1) is 0 Å². The maximum absolute atomic E-state index is 5.88. The lowest BCUT2D eigenvalue weighted by Crippen LogP contribution is -1.93. The summed E-state index contributed by atoms with van der Waals surface area (Å²) in [5, 5.41) is 1.21. The molecule has 0 unspecified atom stereocenters. The first-order valence-corrected chi connectivity index (χ1v) is 6.33. The third-order valence-corrected chi connectivity index (χ3v) is 3.24. The van der Waals surface area contributed by atoms with Crippen LogP contribution in [0.25, 0.3) is 0 Å². The Morgan fingerprint density at radius 1 is 1.40 bits per heavy atom. The molecule has 0 aromatic carbocycles. The summed E-state index contributed by atoms with van der Waals surface area (Å²) in [6.45, 7) is 2.19. The molecule has 0 spiro atoms. The van der Waals surface area contributed by atoms with Crippen molar-refractivity contribution in [3.63, 3.8) is 0 Å². The van der Waals surface area contributed by atoms with Crippen molar-refractivity contribution in [2.45, 2.75) is 31.2 Å². The van der Waals surface area contributed by atoms with E-state index in [4.69, 9.17) is 16.3 Å². The van der Waals surface area contributed by atoms with E-state index in [0.717, 1.165) is 10.8 Å². The van der Waals surface area contributed by atoms with Crippen LogP contribution in [0.3, 0.4) is 0 Å². The van der Waals surface area contributed by atoms with Crippen LogP contribution in [0.1, 0.15) is 26.2 Å². The number of methoxy groups -OCH3 is 1. The second kappa shape index (κ2) is 6.90. The summed E-state index contributed by atoms with van der Waals surface area (Å²) < 4.78 is 5.16. The highest BCUT2D eigenvalue weighted by Crippen LogP contribution is 2.32. The van der Waals surface area contributed by atoms with E-state index in [2.05, 4.69) is 16.9 Å². The smallest absolute Gasteiger partial charge is 0.188 e. The van der Waals surface area contributed by atoms with Gasteiger partial charge in [-0.2, -0.15) is 0 Å². The molecule has 0 N–H and O–H groups in total. The van der Waals surface area contributed by atoms with Gasteiger partial charge in [-0.15, -0.1) is 11.8 Å². The van der Waals surface area contributed by atoms with Crippen molar-refractivity contribution >= 4 is 23.4 Å². The van der Waals surface area contributed by atoms with Crippen LogP contribution in [-0.2, 0) is 0 Å². The van der Waals surface area contributed by atoms with E-state index in [-0.39, 0.29) is 0 Å². The van der Waals surface area contributed by atoms with Gasteiger partial charge in [0.1, 0.15) is 11.4 Å². The summed E-state index contributed by atoms with van der Waals surface area (Å²) in [6.07, 6.45) is 5.12. The summed E-state index contributed by atoms with van der Waals surface area (Å²) in [7, 11) is 1.58. The molecule has 0 saturated carbocycles. The van der Waals surface area contributed by atoms with Crippen molar-refractivity contribution in [3.8, 4) is 5.75 Å². The lowest BCUT2D eigenvalue weighted by atomic mass is 10.3. The van der Waals surface area contributed by atoms with Crippen molar-refractivity contribution in [1.82, 2.24) is 9.97 Å². The van der Waals surface area contributed by atoms with Gasteiger partial charge in [0.25, 0.3) is 0 Å². The zero-order valence-corrected chi connectivity index (χ0v) is 10.6. The topological polar surface area (TPSA) is 35.0 Å². The van der Waals surface area contributed by atoms with Crippen LogP contribution >= 0.6 is 23.4 Å². The predicted molar refractivity (Wildman–Crippen MR) is 63.8 cm³/mol. The fourth-order valence-electron chi connectivity index (χ4n) is 1.13. The Kier molecular flexibility index (Phi) is 5.79. The molecule has 5 heteroatoms. The van der Waals surface area contributed by atoms with E-state index in [1.54, 1.807) is 18.9 Å². The molecule has 0 fully saturated rings. The fourth-order valence-corrected chi connectivity index (χ4v) is 2.37. The van der Waals surface area contributed by atoms with Gasteiger partial charge >= 0.3 is 0 Å². The molecule has 0 aliphatic heterocycles. The third kappa shape index (κ3) is 3.87. The molecule has 3 nitrogen and oxygen atoms in total. The van der Waals surface area contributed by atoms with Gasteiger partial charge in [0.15, 0.2) is 10.9 Å². The predicted octanol–water partition coefficient (Wildman–Crippen LogP) is 3.42. The van der Waals surface area contributed by atoms with Gasteiger partial charge in [0.2, 0.25) is 0 Å². The standard InChI is InChI=1S/C10H15ClN2OS/c1-3-4-5-6-15-10-8(14-2)9(11)12-7-13-10/h7H,3-6H2,1-2H3. The van der Waals surface area contributed by atoms with E-state index in [9.17, 15) is 0 Å². The van der Waals surface area contributed by atoms with Crippen LogP contribution in [0.4, 0.5) is 0 Å². The van der Waals surface area contributed by atoms with Crippen molar-refractivity contribution in [1.29, 1.82) is 0 Å². The minimum absolute atomic E-state index is 0.380. The SMILES string of the molecule is CCCCCSc1ncnc(Cl)c1OC. The minimum atomic E-state index is 0.380. The Morgan fingerprint density at radius 2 is 2.20 bits per heavy atom. The normalized spacial score (nSPS) is 10.3. The minimum Gasteiger partial charge on any atom is -0.491 e. The molecule has 0 atom stereocenters. The van der Waals surface area contributed by atoms with Crippen LogP contribution in [0.5, 0.6) is 5.75 Å². The van der Waals surface area contributed by atoms with E-state index >= 15 is 0 Å². The monoisotopic (exact) mass is 246 g/mol. The number of hydrogen-bond donors (Lipinski definition) is 0. The molecule has 0 aliphatic rings. The number of nitrogens with zero attached hydrogens (tertiary/aromatic N) is 2. The molecule has 0 radical (unpaired) electrons. The molecule has 1 aromatic heterocycles. The second-order valence-electron chi connectivity index (χ2n) is 3.06. The number of hydrogen-bond acceptors (Lipinski definition) is 4. The molecule has 0 saturated heterocycles. The van der Waals surface area contributed by atoms with Crippen molar-refractivity contribution in [2.75, 3.05) is 12.9 Å². The first kappa shape index (κ1) is 12.6. The largest absolute Gasteiger partial charge is 0.491 e. The number of halogens is 1. The molecule has 0 aliphatic carbocycles. The zero-order chi connectivity index (χ0) is 11.1.